The molecule has 0 radical (unpaired) electrons. The first-order chi connectivity index (χ1) is 24.5. The minimum atomic E-state index is -1.02. The van der Waals surface area contributed by atoms with E-state index in [1.807, 2.05) is 0 Å². The Labute approximate surface area is 308 Å². The van der Waals surface area contributed by atoms with E-state index < -0.39 is 5.97 Å². The van der Waals surface area contributed by atoms with E-state index >= 15 is 0 Å². The van der Waals surface area contributed by atoms with Crippen LogP contribution in [0.5, 0.6) is 0 Å². The summed E-state index contributed by atoms with van der Waals surface area (Å²) >= 11 is 0. The topological polar surface area (TPSA) is 92.7 Å². The van der Waals surface area contributed by atoms with Crippen molar-refractivity contribution >= 4 is 17.8 Å². The van der Waals surface area contributed by atoms with Gasteiger partial charge in [0.25, 0.3) is 0 Å². The van der Waals surface area contributed by atoms with Crippen molar-refractivity contribution in [1.82, 2.24) is 5.32 Å². The van der Waals surface area contributed by atoms with E-state index in [-0.39, 0.29) is 24.5 Å². The van der Waals surface area contributed by atoms with E-state index in [4.69, 9.17) is 9.84 Å². The molecule has 0 aromatic rings. The predicted octanol–water partition coefficient (Wildman–Crippen LogP) is 12.9. The molecule has 50 heavy (non-hydrogen) atoms. The summed E-state index contributed by atoms with van der Waals surface area (Å²) in [6.45, 7) is 4.19. The second kappa shape index (κ2) is 39.4. The van der Waals surface area contributed by atoms with Gasteiger partial charge in [-0.3, -0.25) is 14.4 Å². The van der Waals surface area contributed by atoms with Crippen LogP contribution in [0.1, 0.15) is 213 Å². The predicted molar refractivity (Wildman–Crippen MR) is 212 cm³/mol. The lowest BCUT2D eigenvalue weighted by Gasteiger charge is -2.18. The van der Waals surface area contributed by atoms with Gasteiger partial charge >= 0.3 is 11.9 Å². The molecule has 290 valence electrons. The lowest BCUT2D eigenvalue weighted by Crippen LogP contribution is -2.28. The average Bonchev–Trinajstić information content (AvgIpc) is 3.10. The van der Waals surface area contributed by atoms with Gasteiger partial charge in [0, 0.05) is 12.8 Å². The van der Waals surface area contributed by atoms with Gasteiger partial charge in [0.05, 0.1) is 0 Å². The maximum Gasteiger partial charge on any atom is 0.322 e. The van der Waals surface area contributed by atoms with Crippen molar-refractivity contribution in [3.8, 4) is 0 Å². The third kappa shape index (κ3) is 38.4. The molecule has 2 N–H and O–H groups in total. The van der Waals surface area contributed by atoms with Crippen LogP contribution in [0, 0.1) is 0 Å². The number of carboxylic acids is 1. The monoisotopic (exact) mass is 702 g/mol. The number of carboxylic acid groups (broad SMARTS) is 1. The number of allylic oxidation sites excluding steroid dienone is 6. The number of nitrogens with one attached hydrogen (secondary N) is 1. The highest BCUT2D eigenvalue weighted by molar-refractivity contribution is 5.80. The highest BCUT2D eigenvalue weighted by Crippen LogP contribution is 2.18. The Balaban J connectivity index is 4.18. The first-order valence-corrected chi connectivity index (χ1v) is 21.1. The fraction of sp³-hybridized carbons (Fsp3) is 0.795. The van der Waals surface area contributed by atoms with E-state index in [1.54, 1.807) is 0 Å². The number of unbranched alkanes of at least 4 members (excludes halogenated alkanes) is 21. The third-order valence-electron chi connectivity index (χ3n) is 9.28. The van der Waals surface area contributed by atoms with Crippen LogP contribution in [-0.4, -0.2) is 35.6 Å². The van der Waals surface area contributed by atoms with Gasteiger partial charge in [-0.15, -0.1) is 0 Å². The maximum atomic E-state index is 12.7. The molecule has 0 bridgehead atoms. The van der Waals surface area contributed by atoms with Crippen LogP contribution in [0.3, 0.4) is 0 Å². The summed E-state index contributed by atoms with van der Waals surface area (Å²) in [4.78, 5) is 35.0. The normalized spacial score (nSPS) is 12.4. The van der Waals surface area contributed by atoms with Crippen LogP contribution in [0.25, 0.3) is 0 Å². The molecule has 0 spiro atoms. The largest absolute Gasteiger partial charge is 0.480 e. The van der Waals surface area contributed by atoms with Crippen LogP contribution in [0.15, 0.2) is 36.5 Å². The van der Waals surface area contributed by atoms with E-state index in [1.165, 1.54) is 109 Å². The number of aliphatic carboxylic acids is 1. The fourth-order valence-corrected chi connectivity index (χ4v) is 6.13. The van der Waals surface area contributed by atoms with Crippen LogP contribution in [0.4, 0.5) is 0 Å². The summed E-state index contributed by atoms with van der Waals surface area (Å²) in [7, 11) is 0. The quantitative estimate of drug-likeness (QED) is 0.0380. The van der Waals surface area contributed by atoms with Gasteiger partial charge in [0.2, 0.25) is 5.91 Å². The molecule has 0 aliphatic rings. The molecular weight excluding hydrogens is 622 g/mol. The number of esters is 1. The second-order valence-corrected chi connectivity index (χ2v) is 14.2. The van der Waals surface area contributed by atoms with Gasteiger partial charge in [-0.2, -0.15) is 0 Å². The van der Waals surface area contributed by atoms with Crippen LogP contribution >= 0.6 is 0 Å². The van der Waals surface area contributed by atoms with Crippen LogP contribution in [-0.2, 0) is 19.1 Å². The van der Waals surface area contributed by atoms with Crippen LogP contribution in [0.2, 0.25) is 0 Å². The zero-order valence-electron chi connectivity index (χ0n) is 32.7. The number of hydrogen-bond donors (Lipinski definition) is 2. The summed E-state index contributed by atoms with van der Waals surface area (Å²) in [5.74, 6) is -1.26. The first kappa shape index (κ1) is 47.6. The number of carbonyl (C=O) groups is 3. The smallest absolute Gasteiger partial charge is 0.322 e. The Morgan fingerprint density at radius 3 is 1.52 bits per heavy atom. The Morgan fingerprint density at radius 1 is 0.520 bits per heavy atom. The standard InChI is InChI=1S/C44H79NO5/c1-3-5-7-9-11-13-15-16-17-18-19-20-22-24-26-31-35-39-44(49)50-41(36-32-28-25-23-21-14-12-10-8-6-4-2)37-33-29-27-30-34-38-42(46)45-40-43(47)48/h12,14,16-17,23,25,41H,3-11,13,15,18-22,24,26-40H2,1-2H3,(H,45,46)(H,47,48)/b14-12-,17-16-,25-23-. The maximum absolute atomic E-state index is 12.7. The minimum Gasteiger partial charge on any atom is -0.480 e. The van der Waals surface area contributed by atoms with E-state index in [2.05, 4.69) is 55.6 Å². The number of ether oxygens (including phenoxy) is 1. The van der Waals surface area contributed by atoms with E-state index in [0.29, 0.717) is 12.8 Å². The van der Waals surface area contributed by atoms with Gasteiger partial charge in [0.1, 0.15) is 12.6 Å². The molecule has 0 aliphatic heterocycles. The zero-order valence-corrected chi connectivity index (χ0v) is 32.7. The summed E-state index contributed by atoms with van der Waals surface area (Å²) in [5.41, 5.74) is 0. The minimum absolute atomic E-state index is 0.0176. The average molecular weight is 702 g/mol. The summed E-state index contributed by atoms with van der Waals surface area (Å²) in [6.07, 6.45) is 48.4. The molecule has 0 saturated carbocycles. The zero-order chi connectivity index (χ0) is 36.6. The third-order valence-corrected chi connectivity index (χ3v) is 9.28. The highest BCUT2D eigenvalue weighted by Gasteiger charge is 2.14. The number of carbonyl (C=O) groups excluding carboxylic acids is 2. The highest BCUT2D eigenvalue weighted by atomic mass is 16.5. The lowest BCUT2D eigenvalue weighted by atomic mass is 10.0. The van der Waals surface area contributed by atoms with Gasteiger partial charge in [0.15, 0.2) is 0 Å². The van der Waals surface area contributed by atoms with Crippen molar-refractivity contribution in [3.05, 3.63) is 36.5 Å². The van der Waals surface area contributed by atoms with Crippen molar-refractivity contribution in [2.45, 2.75) is 219 Å². The molecule has 0 rings (SSSR count). The molecule has 6 heteroatoms. The van der Waals surface area contributed by atoms with Crippen molar-refractivity contribution in [3.63, 3.8) is 0 Å². The second-order valence-electron chi connectivity index (χ2n) is 14.2. The molecule has 1 unspecified atom stereocenters. The van der Waals surface area contributed by atoms with Gasteiger partial charge in [-0.25, -0.2) is 0 Å². The van der Waals surface area contributed by atoms with Gasteiger partial charge in [-0.05, 0) is 89.9 Å². The van der Waals surface area contributed by atoms with Crippen molar-refractivity contribution in [2.24, 2.45) is 0 Å². The molecule has 0 aliphatic carbocycles. The summed E-state index contributed by atoms with van der Waals surface area (Å²) in [6, 6.07) is 0. The lowest BCUT2D eigenvalue weighted by molar-refractivity contribution is -0.150. The summed E-state index contributed by atoms with van der Waals surface area (Å²) in [5, 5.41) is 11.1. The molecule has 0 aromatic heterocycles. The van der Waals surface area contributed by atoms with Gasteiger partial charge < -0.3 is 15.2 Å². The van der Waals surface area contributed by atoms with E-state index in [0.717, 1.165) is 77.0 Å². The van der Waals surface area contributed by atoms with E-state index in [9.17, 15) is 14.4 Å². The summed E-state index contributed by atoms with van der Waals surface area (Å²) < 4.78 is 6.00. The number of amides is 1. The molecule has 0 aromatic carbocycles. The molecule has 6 nitrogen and oxygen atoms in total. The van der Waals surface area contributed by atoms with Crippen LogP contribution < -0.4 is 5.32 Å². The van der Waals surface area contributed by atoms with Gasteiger partial charge in [-0.1, -0.05) is 147 Å². The molecule has 1 amide bonds. The Hall–Kier alpha value is -2.37. The Bertz CT molecular complexity index is 864. The Kier molecular flexibility index (Phi) is 37.5. The fourth-order valence-electron chi connectivity index (χ4n) is 6.13. The molecular formula is C44H79NO5. The Morgan fingerprint density at radius 2 is 0.940 bits per heavy atom. The van der Waals surface area contributed by atoms with Crippen molar-refractivity contribution in [2.75, 3.05) is 6.54 Å². The number of rotatable bonds is 38. The van der Waals surface area contributed by atoms with Crippen molar-refractivity contribution < 1.29 is 24.2 Å². The molecule has 0 fully saturated rings. The SMILES string of the molecule is CCCCC/C=C\C/C=C\CCCC(CCCCCCCC(=O)NCC(=O)O)OC(=O)CCCCCCCCC/C=C\CCCCCCCC. The molecule has 0 heterocycles. The van der Waals surface area contributed by atoms with Crippen molar-refractivity contribution in [1.29, 1.82) is 0 Å². The first-order valence-electron chi connectivity index (χ1n) is 21.1. The number of hydrogen-bond acceptors (Lipinski definition) is 4. The molecule has 1 atom stereocenters. The molecule has 0 saturated heterocycles.